The van der Waals surface area contributed by atoms with Gasteiger partial charge in [-0.05, 0) is 24.3 Å². The van der Waals surface area contributed by atoms with Crippen molar-refractivity contribution in [1.82, 2.24) is 0 Å². The lowest BCUT2D eigenvalue weighted by Gasteiger charge is -2.22. The van der Waals surface area contributed by atoms with Gasteiger partial charge in [0.25, 0.3) is 0 Å². The SMILES string of the molecule is COc1ccc(N(C)C(=O)C2CC(=O)N(c3ccccc3F)C2)cc1OC. The number of hydrogen-bond donors (Lipinski definition) is 0. The number of nitrogens with zero attached hydrogens (tertiary/aromatic N) is 2. The Labute approximate surface area is 157 Å². The Morgan fingerprint density at radius 1 is 1.15 bits per heavy atom. The standard InChI is InChI=1S/C20H21FN2O4/c1-22(14-8-9-17(26-2)18(11-14)27-3)20(25)13-10-19(24)23(12-13)16-7-5-4-6-15(16)21/h4-9,11,13H,10,12H2,1-3H3. The summed E-state index contributed by atoms with van der Waals surface area (Å²) in [5.74, 6) is -0.440. The molecule has 2 aromatic carbocycles. The second kappa shape index (κ2) is 7.65. The molecular weight excluding hydrogens is 351 g/mol. The lowest BCUT2D eigenvalue weighted by atomic mass is 10.1. The zero-order valence-corrected chi connectivity index (χ0v) is 15.4. The first-order chi connectivity index (χ1) is 13.0. The second-order valence-corrected chi connectivity index (χ2v) is 6.29. The Kier molecular flexibility index (Phi) is 5.30. The van der Waals surface area contributed by atoms with Crippen LogP contribution in [0.15, 0.2) is 42.5 Å². The van der Waals surface area contributed by atoms with E-state index >= 15 is 0 Å². The van der Waals surface area contributed by atoms with Crippen molar-refractivity contribution < 1.29 is 23.5 Å². The summed E-state index contributed by atoms with van der Waals surface area (Å²) >= 11 is 0. The second-order valence-electron chi connectivity index (χ2n) is 6.29. The normalized spacial score (nSPS) is 16.4. The highest BCUT2D eigenvalue weighted by molar-refractivity contribution is 6.04. The molecule has 0 aliphatic carbocycles. The molecule has 1 aliphatic rings. The van der Waals surface area contributed by atoms with E-state index in [0.717, 1.165) is 0 Å². The van der Waals surface area contributed by atoms with Gasteiger partial charge in [-0.3, -0.25) is 9.59 Å². The first kappa shape index (κ1) is 18.7. The summed E-state index contributed by atoms with van der Waals surface area (Å²) in [5.41, 5.74) is 0.820. The van der Waals surface area contributed by atoms with Gasteiger partial charge in [-0.25, -0.2) is 4.39 Å². The van der Waals surface area contributed by atoms with Crippen molar-refractivity contribution in [2.24, 2.45) is 5.92 Å². The number of amides is 2. The molecule has 1 saturated heterocycles. The van der Waals surface area contributed by atoms with E-state index in [2.05, 4.69) is 0 Å². The van der Waals surface area contributed by atoms with Crippen LogP contribution in [0.3, 0.4) is 0 Å². The maximum atomic E-state index is 14.0. The third-order valence-electron chi connectivity index (χ3n) is 4.70. The number of halogens is 1. The van der Waals surface area contributed by atoms with Gasteiger partial charge in [0.15, 0.2) is 11.5 Å². The van der Waals surface area contributed by atoms with E-state index in [-0.39, 0.29) is 30.5 Å². The predicted octanol–water partition coefficient (Wildman–Crippen LogP) is 2.86. The summed E-state index contributed by atoms with van der Waals surface area (Å²) < 4.78 is 24.5. The number of ether oxygens (including phenoxy) is 2. The zero-order chi connectivity index (χ0) is 19.6. The van der Waals surface area contributed by atoms with Crippen LogP contribution >= 0.6 is 0 Å². The molecule has 1 fully saturated rings. The van der Waals surface area contributed by atoms with Crippen LogP contribution < -0.4 is 19.3 Å². The summed E-state index contributed by atoms with van der Waals surface area (Å²) in [6, 6.07) is 11.2. The Balaban J connectivity index is 1.78. The van der Waals surface area contributed by atoms with E-state index in [0.29, 0.717) is 17.2 Å². The molecule has 0 aromatic heterocycles. The molecule has 0 radical (unpaired) electrons. The molecule has 0 spiro atoms. The van der Waals surface area contributed by atoms with Gasteiger partial charge in [0.05, 0.1) is 25.8 Å². The Hall–Kier alpha value is -3.09. The fourth-order valence-corrected chi connectivity index (χ4v) is 3.21. The first-order valence-electron chi connectivity index (χ1n) is 8.50. The maximum Gasteiger partial charge on any atom is 0.232 e. The molecule has 0 N–H and O–H groups in total. The summed E-state index contributed by atoms with van der Waals surface area (Å²) in [6.45, 7) is 0.149. The number of carbonyl (C=O) groups is 2. The molecular formula is C20H21FN2O4. The number of para-hydroxylation sites is 1. The Bertz CT molecular complexity index is 871. The van der Waals surface area contributed by atoms with Crippen molar-refractivity contribution in [1.29, 1.82) is 0 Å². The number of rotatable bonds is 5. The fraction of sp³-hybridized carbons (Fsp3) is 0.300. The number of benzene rings is 2. The average Bonchev–Trinajstić information content (AvgIpc) is 3.08. The van der Waals surface area contributed by atoms with Crippen LogP contribution in [0.25, 0.3) is 0 Å². The smallest absolute Gasteiger partial charge is 0.232 e. The van der Waals surface area contributed by atoms with Crippen LogP contribution in [0.2, 0.25) is 0 Å². The van der Waals surface area contributed by atoms with E-state index in [1.165, 1.54) is 36.2 Å². The highest BCUT2D eigenvalue weighted by Crippen LogP contribution is 2.33. The summed E-state index contributed by atoms with van der Waals surface area (Å²) in [7, 11) is 4.69. The topological polar surface area (TPSA) is 59.1 Å². The van der Waals surface area contributed by atoms with Crippen molar-refractivity contribution in [2.45, 2.75) is 6.42 Å². The molecule has 2 amide bonds. The van der Waals surface area contributed by atoms with Gasteiger partial charge in [-0.15, -0.1) is 0 Å². The van der Waals surface area contributed by atoms with Gasteiger partial charge in [-0.2, -0.15) is 0 Å². The lowest BCUT2D eigenvalue weighted by Crippen LogP contribution is -2.34. The van der Waals surface area contributed by atoms with Crippen LogP contribution in [0, 0.1) is 11.7 Å². The third-order valence-corrected chi connectivity index (χ3v) is 4.70. The molecule has 1 aliphatic heterocycles. The van der Waals surface area contributed by atoms with Crippen LogP contribution in [0.5, 0.6) is 11.5 Å². The first-order valence-corrected chi connectivity index (χ1v) is 8.50. The van der Waals surface area contributed by atoms with E-state index in [1.807, 2.05) is 0 Å². The van der Waals surface area contributed by atoms with Gasteiger partial charge in [0.1, 0.15) is 5.82 Å². The van der Waals surface area contributed by atoms with E-state index in [9.17, 15) is 14.0 Å². The molecule has 7 heteroatoms. The third kappa shape index (κ3) is 3.58. The van der Waals surface area contributed by atoms with E-state index in [4.69, 9.17) is 9.47 Å². The van der Waals surface area contributed by atoms with Crippen LogP contribution in [-0.2, 0) is 9.59 Å². The minimum atomic E-state index is -0.546. The van der Waals surface area contributed by atoms with Crippen molar-refractivity contribution >= 4 is 23.2 Å². The highest BCUT2D eigenvalue weighted by Gasteiger charge is 2.37. The number of hydrogen-bond acceptors (Lipinski definition) is 4. The monoisotopic (exact) mass is 372 g/mol. The van der Waals surface area contributed by atoms with Crippen molar-refractivity contribution in [3.63, 3.8) is 0 Å². The van der Waals surface area contributed by atoms with Crippen molar-refractivity contribution in [3.8, 4) is 11.5 Å². The highest BCUT2D eigenvalue weighted by atomic mass is 19.1. The fourth-order valence-electron chi connectivity index (χ4n) is 3.21. The molecule has 142 valence electrons. The predicted molar refractivity (Wildman–Crippen MR) is 99.8 cm³/mol. The molecule has 3 rings (SSSR count). The molecule has 1 atom stereocenters. The Morgan fingerprint density at radius 2 is 1.85 bits per heavy atom. The van der Waals surface area contributed by atoms with Gasteiger partial charge < -0.3 is 19.3 Å². The molecule has 2 aromatic rings. The van der Waals surface area contributed by atoms with Gasteiger partial charge >= 0.3 is 0 Å². The van der Waals surface area contributed by atoms with Crippen LogP contribution in [0.4, 0.5) is 15.8 Å². The lowest BCUT2D eigenvalue weighted by molar-refractivity contribution is -0.124. The molecule has 6 nitrogen and oxygen atoms in total. The number of methoxy groups -OCH3 is 2. The van der Waals surface area contributed by atoms with E-state index in [1.54, 1.807) is 37.4 Å². The van der Waals surface area contributed by atoms with Crippen LogP contribution in [0.1, 0.15) is 6.42 Å². The van der Waals surface area contributed by atoms with Crippen molar-refractivity contribution in [2.75, 3.05) is 37.6 Å². The number of anilines is 2. The zero-order valence-electron chi connectivity index (χ0n) is 15.4. The average molecular weight is 372 g/mol. The molecule has 27 heavy (non-hydrogen) atoms. The minimum absolute atomic E-state index is 0.0464. The maximum absolute atomic E-state index is 14.0. The van der Waals surface area contributed by atoms with Gasteiger partial charge in [-0.1, -0.05) is 12.1 Å². The van der Waals surface area contributed by atoms with Crippen molar-refractivity contribution in [3.05, 3.63) is 48.3 Å². The Morgan fingerprint density at radius 3 is 2.52 bits per heavy atom. The molecule has 1 heterocycles. The molecule has 0 saturated carbocycles. The quantitative estimate of drug-likeness (QED) is 0.810. The van der Waals surface area contributed by atoms with E-state index < -0.39 is 11.7 Å². The largest absolute Gasteiger partial charge is 0.493 e. The van der Waals surface area contributed by atoms with Crippen LogP contribution in [-0.4, -0.2) is 39.6 Å². The number of carbonyl (C=O) groups excluding carboxylic acids is 2. The summed E-state index contributed by atoms with van der Waals surface area (Å²) in [6.07, 6.45) is 0.0464. The molecule has 1 unspecified atom stereocenters. The minimum Gasteiger partial charge on any atom is -0.493 e. The summed E-state index contributed by atoms with van der Waals surface area (Å²) in [4.78, 5) is 28.0. The molecule has 0 bridgehead atoms. The summed E-state index contributed by atoms with van der Waals surface area (Å²) in [5, 5.41) is 0. The van der Waals surface area contributed by atoms with Gasteiger partial charge in [0, 0.05) is 31.8 Å². The van der Waals surface area contributed by atoms with Gasteiger partial charge in [0.2, 0.25) is 11.8 Å².